The molecular weight excluding hydrogens is 288 g/mol. The van der Waals surface area contributed by atoms with Crippen LogP contribution in [0.25, 0.3) is 0 Å². The lowest BCUT2D eigenvalue weighted by Crippen LogP contribution is -2.17. The van der Waals surface area contributed by atoms with Gasteiger partial charge in [-0.15, -0.1) is 11.3 Å². The molecule has 0 radical (unpaired) electrons. The highest BCUT2D eigenvalue weighted by Crippen LogP contribution is 2.39. The van der Waals surface area contributed by atoms with Gasteiger partial charge in [0.1, 0.15) is 0 Å². The number of hydrogen-bond donors (Lipinski definition) is 1. The normalized spacial score (nSPS) is 10.4. The zero-order valence-electron chi connectivity index (χ0n) is 12.5. The Bertz CT molecular complexity index is 558. The fraction of sp³-hybridized carbons (Fsp3) is 0.400. The van der Waals surface area contributed by atoms with Crippen molar-refractivity contribution in [1.29, 1.82) is 0 Å². The van der Waals surface area contributed by atoms with Crippen LogP contribution in [0.5, 0.6) is 17.2 Å². The van der Waals surface area contributed by atoms with Crippen molar-refractivity contribution in [2.45, 2.75) is 13.0 Å². The first-order chi connectivity index (χ1) is 10.3. The first-order valence-corrected chi connectivity index (χ1v) is 7.55. The van der Waals surface area contributed by atoms with E-state index in [0.29, 0.717) is 23.8 Å². The van der Waals surface area contributed by atoms with Gasteiger partial charge < -0.3 is 19.5 Å². The molecule has 2 aromatic rings. The van der Waals surface area contributed by atoms with Crippen LogP contribution in [-0.2, 0) is 13.0 Å². The van der Waals surface area contributed by atoms with Crippen LogP contribution in [0.15, 0.2) is 23.7 Å². The summed E-state index contributed by atoms with van der Waals surface area (Å²) >= 11 is 1.68. The summed E-state index contributed by atoms with van der Waals surface area (Å²) in [6.45, 7) is 1.57. The number of hydrogen-bond acceptors (Lipinski definition) is 6. The van der Waals surface area contributed by atoms with Gasteiger partial charge in [-0.3, -0.25) is 0 Å². The van der Waals surface area contributed by atoms with Crippen LogP contribution < -0.4 is 19.5 Å². The van der Waals surface area contributed by atoms with Crippen molar-refractivity contribution in [1.82, 2.24) is 10.3 Å². The van der Waals surface area contributed by atoms with Gasteiger partial charge in [0.15, 0.2) is 11.5 Å². The lowest BCUT2D eigenvalue weighted by atomic mass is 10.1. The Kier molecular flexibility index (Phi) is 5.83. The number of thiazole rings is 1. The number of aromatic nitrogens is 1. The van der Waals surface area contributed by atoms with Crippen molar-refractivity contribution < 1.29 is 14.2 Å². The molecular formula is C15H20N2O3S. The summed E-state index contributed by atoms with van der Waals surface area (Å²) < 4.78 is 16.1. The van der Waals surface area contributed by atoms with Gasteiger partial charge >= 0.3 is 0 Å². The first-order valence-electron chi connectivity index (χ1n) is 6.67. The molecule has 6 heteroatoms. The lowest BCUT2D eigenvalue weighted by Gasteiger charge is -2.16. The maximum atomic E-state index is 5.46. The topological polar surface area (TPSA) is 52.6 Å². The smallest absolute Gasteiger partial charge is 0.203 e. The number of rotatable bonds is 8. The van der Waals surface area contributed by atoms with Gasteiger partial charge in [0, 0.05) is 36.7 Å². The van der Waals surface area contributed by atoms with Crippen molar-refractivity contribution in [3.8, 4) is 17.2 Å². The Balaban J connectivity index is 1.99. The molecule has 21 heavy (non-hydrogen) atoms. The standard InChI is InChI=1S/C15H20N2O3S/c1-18-12-5-4-11(14(19-2)15(12)20-3)10-16-7-6-13-17-8-9-21-13/h4-5,8-9,16H,6-7,10H2,1-3H3. The monoisotopic (exact) mass is 308 g/mol. The van der Waals surface area contributed by atoms with Crippen molar-refractivity contribution in [3.63, 3.8) is 0 Å². The van der Waals surface area contributed by atoms with Gasteiger partial charge in [0.25, 0.3) is 0 Å². The van der Waals surface area contributed by atoms with E-state index < -0.39 is 0 Å². The maximum absolute atomic E-state index is 5.46. The zero-order chi connectivity index (χ0) is 15.1. The Hall–Kier alpha value is -1.79. The molecule has 0 amide bonds. The summed E-state index contributed by atoms with van der Waals surface area (Å²) in [4.78, 5) is 4.26. The highest BCUT2D eigenvalue weighted by Gasteiger charge is 2.15. The Morgan fingerprint density at radius 1 is 1.10 bits per heavy atom. The van der Waals surface area contributed by atoms with Crippen molar-refractivity contribution in [3.05, 3.63) is 34.3 Å². The quantitative estimate of drug-likeness (QED) is 0.759. The van der Waals surface area contributed by atoms with Crippen LogP contribution in [0.2, 0.25) is 0 Å². The second-order valence-corrected chi connectivity index (χ2v) is 5.33. The summed E-state index contributed by atoms with van der Waals surface area (Å²) in [5, 5.41) is 6.53. The van der Waals surface area contributed by atoms with Gasteiger partial charge in [-0.1, -0.05) is 6.07 Å². The van der Waals surface area contributed by atoms with E-state index in [1.165, 1.54) is 0 Å². The minimum Gasteiger partial charge on any atom is -0.493 e. The Morgan fingerprint density at radius 3 is 2.52 bits per heavy atom. The molecule has 0 fully saturated rings. The number of ether oxygens (including phenoxy) is 3. The van der Waals surface area contributed by atoms with Crippen LogP contribution in [0.1, 0.15) is 10.6 Å². The molecule has 1 heterocycles. The molecule has 0 saturated carbocycles. The van der Waals surface area contributed by atoms with E-state index in [0.717, 1.165) is 23.5 Å². The maximum Gasteiger partial charge on any atom is 0.203 e. The molecule has 0 saturated heterocycles. The average molecular weight is 308 g/mol. The summed E-state index contributed by atoms with van der Waals surface area (Å²) in [6, 6.07) is 3.87. The van der Waals surface area contributed by atoms with E-state index in [1.807, 2.05) is 23.7 Å². The third kappa shape index (κ3) is 3.86. The summed E-state index contributed by atoms with van der Waals surface area (Å²) in [7, 11) is 4.86. The highest BCUT2D eigenvalue weighted by atomic mass is 32.1. The minimum atomic E-state index is 0.624. The summed E-state index contributed by atoms with van der Waals surface area (Å²) in [6.07, 6.45) is 2.75. The SMILES string of the molecule is COc1ccc(CNCCc2nccs2)c(OC)c1OC. The van der Waals surface area contributed by atoms with Gasteiger partial charge in [-0.2, -0.15) is 0 Å². The molecule has 1 N–H and O–H groups in total. The molecule has 5 nitrogen and oxygen atoms in total. The van der Waals surface area contributed by atoms with Gasteiger partial charge in [-0.05, 0) is 6.07 Å². The van der Waals surface area contributed by atoms with Crippen molar-refractivity contribution in [2.24, 2.45) is 0 Å². The van der Waals surface area contributed by atoms with E-state index in [2.05, 4.69) is 10.3 Å². The van der Waals surface area contributed by atoms with Crippen LogP contribution in [-0.4, -0.2) is 32.9 Å². The predicted octanol–water partition coefficient (Wildman–Crippen LogP) is 2.50. The highest BCUT2D eigenvalue weighted by molar-refractivity contribution is 7.09. The molecule has 0 spiro atoms. The van der Waals surface area contributed by atoms with Crippen molar-refractivity contribution >= 4 is 11.3 Å². The molecule has 0 aliphatic rings. The molecule has 1 aromatic carbocycles. The number of nitrogens with one attached hydrogen (secondary N) is 1. The fourth-order valence-electron chi connectivity index (χ4n) is 2.10. The van der Waals surface area contributed by atoms with Gasteiger partial charge in [0.05, 0.1) is 26.3 Å². The van der Waals surface area contributed by atoms with Gasteiger partial charge in [0.2, 0.25) is 5.75 Å². The number of methoxy groups -OCH3 is 3. The van der Waals surface area contributed by atoms with E-state index in [4.69, 9.17) is 14.2 Å². The number of benzene rings is 1. The zero-order valence-corrected chi connectivity index (χ0v) is 13.3. The Morgan fingerprint density at radius 2 is 1.90 bits per heavy atom. The summed E-state index contributed by atoms with van der Waals surface area (Å²) in [5.74, 6) is 2.00. The molecule has 0 bridgehead atoms. The molecule has 114 valence electrons. The van der Waals surface area contributed by atoms with E-state index >= 15 is 0 Å². The second kappa shape index (κ2) is 7.85. The summed E-state index contributed by atoms with van der Waals surface area (Å²) in [5.41, 5.74) is 1.04. The van der Waals surface area contributed by atoms with Crippen LogP contribution in [0.4, 0.5) is 0 Å². The fourth-order valence-corrected chi connectivity index (χ4v) is 2.72. The average Bonchev–Trinajstić information content (AvgIpc) is 3.03. The molecule has 0 aliphatic carbocycles. The van der Waals surface area contributed by atoms with Crippen molar-refractivity contribution in [2.75, 3.05) is 27.9 Å². The molecule has 0 unspecified atom stereocenters. The predicted molar refractivity (Wildman–Crippen MR) is 83.6 cm³/mol. The first kappa shape index (κ1) is 15.6. The largest absolute Gasteiger partial charge is 0.493 e. The Labute approximate surface area is 128 Å². The third-order valence-corrected chi connectivity index (χ3v) is 3.94. The van der Waals surface area contributed by atoms with E-state index in [9.17, 15) is 0 Å². The van der Waals surface area contributed by atoms with Crippen LogP contribution in [0.3, 0.4) is 0 Å². The molecule has 1 aromatic heterocycles. The molecule has 0 aliphatic heterocycles. The second-order valence-electron chi connectivity index (χ2n) is 4.35. The van der Waals surface area contributed by atoms with E-state index in [1.54, 1.807) is 32.7 Å². The minimum absolute atomic E-state index is 0.624. The van der Waals surface area contributed by atoms with Gasteiger partial charge in [-0.25, -0.2) is 4.98 Å². The van der Waals surface area contributed by atoms with Crippen LogP contribution in [0, 0.1) is 0 Å². The lowest BCUT2D eigenvalue weighted by molar-refractivity contribution is 0.321. The number of nitrogens with zero attached hydrogens (tertiary/aromatic N) is 1. The molecule has 0 atom stereocenters. The molecule has 2 rings (SSSR count). The third-order valence-electron chi connectivity index (χ3n) is 3.10. The van der Waals surface area contributed by atoms with E-state index in [-0.39, 0.29) is 0 Å². The van der Waals surface area contributed by atoms with Crippen LogP contribution >= 0.6 is 11.3 Å².